The number of hydrogen-bond acceptors (Lipinski definition) is 6. The van der Waals surface area contributed by atoms with Crippen molar-refractivity contribution in [1.82, 2.24) is 14.4 Å². The summed E-state index contributed by atoms with van der Waals surface area (Å²) >= 11 is 0. The van der Waals surface area contributed by atoms with E-state index < -0.39 is 10.0 Å². The van der Waals surface area contributed by atoms with Gasteiger partial charge in [0.05, 0.1) is 0 Å². The first-order valence-corrected chi connectivity index (χ1v) is 10.3. The molecule has 0 bridgehead atoms. The van der Waals surface area contributed by atoms with Crippen LogP contribution >= 0.6 is 0 Å². The molecule has 0 aliphatic carbocycles. The zero-order chi connectivity index (χ0) is 18.4. The van der Waals surface area contributed by atoms with Crippen LogP contribution in [0.15, 0.2) is 39.8 Å². The SMILES string of the molecule is Cc1onc(N)c1S(=O)(=O)N1CCC2(CCN(Cc3ccccc3)C2)C1. The van der Waals surface area contributed by atoms with Gasteiger partial charge >= 0.3 is 0 Å². The molecule has 2 saturated heterocycles. The monoisotopic (exact) mass is 376 g/mol. The average molecular weight is 376 g/mol. The first kappa shape index (κ1) is 17.5. The molecule has 2 N–H and O–H groups in total. The molecule has 1 spiro atoms. The van der Waals surface area contributed by atoms with Crippen molar-refractivity contribution in [3.8, 4) is 0 Å². The van der Waals surface area contributed by atoms with Crippen LogP contribution in [0.25, 0.3) is 0 Å². The Hall–Kier alpha value is -1.90. The van der Waals surface area contributed by atoms with Gasteiger partial charge in [-0.05, 0) is 37.3 Å². The molecule has 8 heteroatoms. The molecule has 140 valence electrons. The van der Waals surface area contributed by atoms with Crippen molar-refractivity contribution in [2.75, 3.05) is 31.9 Å². The lowest BCUT2D eigenvalue weighted by molar-refractivity contribution is 0.260. The molecule has 1 aromatic carbocycles. The van der Waals surface area contributed by atoms with Crippen LogP contribution in [0.3, 0.4) is 0 Å². The van der Waals surface area contributed by atoms with Gasteiger partial charge in [-0.25, -0.2) is 8.42 Å². The molecule has 0 saturated carbocycles. The molecule has 2 fully saturated rings. The van der Waals surface area contributed by atoms with Gasteiger partial charge in [0.1, 0.15) is 0 Å². The minimum atomic E-state index is -3.66. The third-order valence-corrected chi connectivity index (χ3v) is 7.60. The Kier molecular flexibility index (Phi) is 4.29. The minimum absolute atomic E-state index is 0.0219. The van der Waals surface area contributed by atoms with Gasteiger partial charge in [-0.2, -0.15) is 4.31 Å². The van der Waals surface area contributed by atoms with Gasteiger partial charge < -0.3 is 10.3 Å². The van der Waals surface area contributed by atoms with Gasteiger partial charge in [0, 0.05) is 26.2 Å². The zero-order valence-electron chi connectivity index (χ0n) is 14.9. The van der Waals surface area contributed by atoms with Gasteiger partial charge in [0.15, 0.2) is 16.5 Å². The molecule has 2 aliphatic rings. The van der Waals surface area contributed by atoms with Crippen LogP contribution in [0.4, 0.5) is 5.82 Å². The maximum absolute atomic E-state index is 13.0. The summed E-state index contributed by atoms with van der Waals surface area (Å²) in [6, 6.07) is 10.4. The van der Waals surface area contributed by atoms with Crippen LogP contribution < -0.4 is 5.73 Å². The second kappa shape index (κ2) is 6.37. The standard InChI is InChI=1S/C18H24N4O3S/c1-14-16(17(19)20-25-14)26(23,24)22-10-8-18(13-22)7-9-21(12-18)11-15-5-3-2-4-6-15/h2-6H,7-13H2,1H3,(H2,19,20). The summed E-state index contributed by atoms with van der Waals surface area (Å²) < 4.78 is 32.5. The third kappa shape index (κ3) is 3.02. The Morgan fingerprint density at radius 1 is 1.19 bits per heavy atom. The normalized spacial score (nSPS) is 24.7. The number of benzene rings is 1. The number of rotatable bonds is 4. The summed E-state index contributed by atoms with van der Waals surface area (Å²) in [5, 5.41) is 3.59. The molecule has 4 rings (SSSR count). The Morgan fingerprint density at radius 3 is 2.62 bits per heavy atom. The zero-order valence-corrected chi connectivity index (χ0v) is 15.7. The molecule has 0 radical (unpaired) electrons. The first-order valence-electron chi connectivity index (χ1n) is 8.88. The second-order valence-corrected chi connectivity index (χ2v) is 9.36. The molecule has 1 unspecified atom stereocenters. The molecule has 7 nitrogen and oxygen atoms in total. The van der Waals surface area contributed by atoms with Crippen LogP contribution in [-0.4, -0.2) is 49.0 Å². The van der Waals surface area contributed by atoms with E-state index in [1.54, 1.807) is 11.2 Å². The highest BCUT2D eigenvalue weighted by atomic mass is 32.2. The van der Waals surface area contributed by atoms with E-state index in [4.69, 9.17) is 10.3 Å². The molecule has 2 aromatic rings. The van der Waals surface area contributed by atoms with Crippen LogP contribution in [-0.2, 0) is 16.6 Å². The van der Waals surface area contributed by atoms with E-state index in [0.29, 0.717) is 13.1 Å². The van der Waals surface area contributed by atoms with E-state index in [1.807, 2.05) is 6.07 Å². The van der Waals surface area contributed by atoms with E-state index in [-0.39, 0.29) is 21.9 Å². The summed E-state index contributed by atoms with van der Waals surface area (Å²) in [5.74, 6) is 0.196. The highest BCUT2D eigenvalue weighted by molar-refractivity contribution is 7.89. The molecule has 2 aliphatic heterocycles. The molecule has 1 atom stereocenters. The Balaban J connectivity index is 1.47. The third-order valence-electron chi connectivity index (χ3n) is 5.60. The molecular weight excluding hydrogens is 352 g/mol. The number of nitrogens with two attached hydrogens (primary N) is 1. The van der Waals surface area contributed by atoms with Crippen molar-refractivity contribution >= 4 is 15.8 Å². The van der Waals surface area contributed by atoms with Gasteiger partial charge in [-0.15, -0.1) is 0 Å². The molecular formula is C18H24N4O3S. The average Bonchev–Trinajstić information content (AvgIpc) is 3.30. The Bertz CT molecular complexity index is 877. The fourth-order valence-electron chi connectivity index (χ4n) is 4.26. The Labute approximate surface area is 153 Å². The summed E-state index contributed by atoms with van der Waals surface area (Å²) in [4.78, 5) is 2.44. The van der Waals surface area contributed by atoms with Gasteiger partial charge in [0.2, 0.25) is 10.0 Å². The molecule has 3 heterocycles. The summed E-state index contributed by atoms with van der Waals surface area (Å²) in [6.45, 7) is 5.46. The number of hydrogen-bond donors (Lipinski definition) is 1. The lowest BCUT2D eigenvalue weighted by Gasteiger charge is -2.24. The number of likely N-dealkylation sites (tertiary alicyclic amines) is 1. The lowest BCUT2D eigenvalue weighted by atomic mass is 9.86. The fourth-order valence-corrected chi connectivity index (χ4v) is 6.00. The van der Waals surface area contributed by atoms with E-state index >= 15 is 0 Å². The van der Waals surface area contributed by atoms with E-state index in [2.05, 4.69) is 34.3 Å². The number of sulfonamides is 1. The second-order valence-electron chi connectivity index (χ2n) is 7.49. The predicted molar refractivity (Wildman–Crippen MR) is 97.8 cm³/mol. The summed E-state index contributed by atoms with van der Waals surface area (Å²) in [7, 11) is -3.66. The number of nitrogens with zero attached hydrogens (tertiary/aromatic N) is 3. The lowest BCUT2D eigenvalue weighted by Crippen LogP contribution is -2.34. The topological polar surface area (TPSA) is 92.7 Å². The van der Waals surface area contributed by atoms with Crippen molar-refractivity contribution in [1.29, 1.82) is 0 Å². The van der Waals surface area contributed by atoms with Crippen molar-refractivity contribution < 1.29 is 12.9 Å². The Morgan fingerprint density at radius 2 is 1.92 bits per heavy atom. The molecule has 1 aromatic heterocycles. The highest BCUT2D eigenvalue weighted by Crippen LogP contribution is 2.42. The van der Waals surface area contributed by atoms with E-state index in [1.165, 1.54) is 5.56 Å². The maximum atomic E-state index is 13.0. The molecule has 26 heavy (non-hydrogen) atoms. The summed E-state index contributed by atoms with van der Waals surface area (Å²) in [5.41, 5.74) is 7.05. The van der Waals surface area contributed by atoms with Gasteiger partial charge in [0.25, 0.3) is 0 Å². The largest absolute Gasteiger partial charge is 0.380 e. The number of aromatic nitrogens is 1. The first-order chi connectivity index (χ1) is 12.4. The van der Waals surface area contributed by atoms with Crippen LogP contribution in [0.2, 0.25) is 0 Å². The van der Waals surface area contributed by atoms with Crippen molar-refractivity contribution in [2.24, 2.45) is 5.41 Å². The van der Waals surface area contributed by atoms with Crippen molar-refractivity contribution in [3.63, 3.8) is 0 Å². The van der Waals surface area contributed by atoms with Gasteiger partial charge in [-0.1, -0.05) is 35.5 Å². The van der Waals surface area contributed by atoms with Gasteiger partial charge in [-0.3, -0.25) is 4.90 Å². The van der Waals surface area contributed by atoms with E-state index in [9.17, 15) is 8.42 Å². The van der Waals surface area contributed by atoms with E-state index in [0.717, 1.165) is 32.5 Å². The van der Waals surface area contributed by atoms with Crippen molar-refractivity contribution in [2.45, 2.75) is 31.2 Å². The number of anilines is 1. The van der Waals surface area contributed by atoms with Crippen LogP contribution in [0, 0.1) is 12.3 Å². The van der Waals surface area contributed by atoms with Crippen LogP contribution in [0.5, 0.6) is 0 Å². The number of nitrogen functional groups attached to an aromatic ring is 1. The maximum Gasteiger partial charge on any atom is 0.250 e. The number of aryl methyl sites for hydroxylation is 1. The smallest absolute Gasteiger partial charge is 0.250 e. The quantitative estimate of drug-likeness (QED) is 0.875. The molecule has 0 amide bonds. The fraction of sp³-hybridized carbons (Fsp3) is 0.500. The predicted octanol–water partition coefficient (Wildman–Crippen LogP) is 1.85. The van der Waals surface area contributed by atoms with Crippen molar-refractivity contribution in [3.05, 3.63) is 41.7 Å². The summed E-state index contributed by atoms with van der Waals surface area (Å²) in [6.07, 6.45) is 1.89. The highest BCUT2D eigenvalue weighted by Gasteiger charge is 2.47. The van der Waals surface area contributed by atoms with Crippen LogP contribution in [0.1, 0.15) is 24.2 Å². The minimum Gasteiger partial charge on any atom is -0.380 e.